The summed E-state index contributed by atoms with van der Waals surface area (Å²) in [6.07, 6.45) is 0. The molecule has 3 aromatic carbocycles. The monoisotopic (exact) mass is 494 g/mol. The van der Waals surface area contributed by atoms with E-state index >= 15 is 0 Å². The second-order valence-electron chi connectivity index (χ2n) is 7.84. The van der Waals surface area contributed by atoms with Gasteiger partial charge in [0.25, 0.3) is 5.91 Å². The van der Waals surface area contributed by atoms with E-state index in [4.69, 9.17) is 0 Å². The number of benzene rings is 3. The lowest BCUT2D eigenvalue weighted by Gasteiger charge is -2.20. The van der Waals surface area contributed by atoms with Crippen molar-refractivity contribution >= 4 is 38.9 Å². The van der Waals surface area contributed by atoms with Gasteiger partial charge in [-0.05, 0) is 48.9 Å². The molecule has 9 heteroatoms. The molecule has 0 unspecified atom stereocenters. The molecule has 3 aromatic rings. The van der Waals surface area contributed by atoms with Crippen molar-refractivity contribution in [2.24, 2.45) is 0 Å². The molecule has 0 atom stereocenters. The topological polar surface area (TPSA) is 108 Å². The van der Waals surface area contributed by atoms with Crippen LogP contribution in [-0.4, -0.2) is 44.2 Å². The molecule has 0 bridgehead atoms. The highest BCUT2D eigenvalue weighted by atomic mass is 32.2. The van der Waals surface area contributed by atoms with E-state index in [1.807, 2.05) is 18.2 Å². The molecular formula is C26H30N4O4S. The highest BCUT2D eigenvalue weighted by molar-refractivity contribution is 7.89. The fourth-order valence-corrected chi connectivity index (χ4v) is 5.29. The Bertz CT molecular complexity index is 1290. The Morgan fingerprint density at radius 1 is 0.829 bits per heavy atom. The quantitative estimate of drug-likeness (QED) is 0.389. The summed E-state index contributed by atoms with van der Waals surface area (Å²) in [7, 11) is -3.63. The molecule has 0 fully saturated rings. The minimum atomic E-state index is -3.63. The minimum absolute atomic E-state index is 0.109. The molecule has 0 spiro atoms. The first-order chi connectivity index (χ1) is 16.8. The van der Waals surface area contributed by atoms with Crippen molar-refractivity contribution in [1.82, 2.24) is 4.31 Å². The second-order valence-corrected chi connectivity index (χ2v) is 9.74. The number of aryl methyl sites for hydroxylation is 1. The number of carbonyl (C=O) groups is 2. The highest BCUT2D eigenvalue weighted by Crippen LogP contribution is 2.24. The predicted octanol–water partition coefficient (Wildman–Crippen LogP) is 4.33. The Morgan fingerprint density at radius 2 is 1.49 bits per heavy atom. The number of amides is 2. The molecule has 184 valence electrons. The number of nitrogens with one attached hydrogen (secondary N) is 3. The van der Waals surface area contributed by atoms with Crippen LogP contribution in [0.1, 0.15) is 29.8 Å². The molecular weight excluding hydrogens is 464 g/mol. The van der Waals surface area contributed by atoms with Crippen molar-refractivity contribution in [1.29, 1.82) is 0 Å². The highest BCUT2D eigenvalue weighted by Gasteiger charge is 2.24. The Labute approximate surface area is 206 Å². The molecule has 3 rings (SSSR count). The third kappa shape index (κ3) is 6.46. The van der Waals surface area contributed by atoms with Crippen molar-refractivity contribution in [3.63, 3.8) is 0 Å². The number of hydrogen-bond donors (Lipinski definition) is 3. The summed E-state index contributed by atoms with van der Waals surface area (Å²) >= 11 is 0. The van der Waals surface area contributed by atoms with Gasteiger partial charge >= 0.3 is 0 Å². The number of rotatable bonds is 10. The molecule has 0 aliphatic rings. The first-order valence-corrected chi connectivity index (χ1v) is 12.8. The van der Waals surface area contributed by atoms with Crippen LogP contribution in [0, 0.1) is 6.92 Å². The molecule has 0 aliphatic carbocycles. The normalized spacial score (nSPS) is 11.2. The van der Waals surface area contributed by atoms with Crippen LogP contribution in [0.15, 0.2) is 77.7 Å². The molecule has 0 aromatic heterocycles. The van der Waals surface area contributed by atoms with Gasteiger partial charge in [0.1, 0.15) is 0 Å². The zero-order valence-electron chi connectivity index (χ0n) is 20.0. The number of sulfonamides is 1. The van der Waals surface area contributed by atoms with Gasteiger partial charge < -0.3 is 16.0 Å². The Hall–Kier alpha value is -3.69. The van der Waals surface area contributed by atoms with E-state index in [0.717, 1.165) is 0 Å². The fraction of sp³-hybridized carbons (Fsp3) is 0.231. The standard InChI is InChI=1S/C26H30N4O4S/c1-4-30(5-2)35(33,34)24-17-21(16-15-19(24)3)27-18-25(31)29-23-14-10-9-13-22(23)26(32)28-20-11-7-6-8-12-20/h6-17,27H,4-5,18H2,1-3H3,(H,28,32)(H,29,31). The van der Waals surface area contributed by atoms with Gasteiger partial charge in [-0.3, -0.25) is 9.59 Å². The van der Waals surface area contributed by atoms with E-state index in [-0.39, 0.29) is 23.3 Å². The van der Waals surface area contributed by atoms with E-state index in [1.54, 1.807) is 69.3 Å². The molecule has 0 saturated heterocycles. The van der Waals surface area contributed by atoms with Gasteiger partial charge in [0.05, 0.1) is 22.7 Å². The third-order valence-electron chi connectivity index (χ3n) is 5.44. The van der Waals surface area contributed by atoms with E-state index in [9.17, 15) is 18.0 Å². The largest absolute Gasteiger partial charge is 0.376 e. The lowest BCUT2D eigenvalue weighted by atomic mass is 10.1. The number of para-hydroxylation sites is 2. The maximum atomic E-state index is 13.0. The Morgan fingerprint density at radius 3 is 2.17 bits per heavy atom. The summed E-state index contributed by atoms with van der Waals surface area (Å²) in [6.45, 7) is 5.96. The van der Waals surface area contributed by atoms with Crippen LogP contribution >= 0.6 is 0 Å². The summed E-state index contributed by atoms with van der Waals surface area (Å²) in [4.78, 5) is 25.6. The Kier molecular flexibility index (Phi) is 8.62. The first-order valence-electron chi connectivity index (χ1n) is 11.4. The maximum Gasteiger partial charge on any atom is 0.257 e. The minimum Gasteiger partial charge on any atom is -0.376 e. The third-order valence-corrected chi connectivity index (χ3v) is 7.63. The van der Waals surface area contributed by atoms with Crippen LogP contribution in [-0.2, 0) is 14.8 Å². The predicted molar refractivity (Wildman–Crippen MR) is 139 cm³/mol. The molecule has 0 heterocycles. The van der Waals surface area contributed by atoms with Gasteiger partial charge in [-0.15, -0.1) is 0 Å². The molecule has 0 saturated carbocycles. The zero-order chi connectivity index (χ0) is 25.4. The van der Waals surface area contributed by atoms with Crippen LogP contribution < -0.4 is 16.0 Å². The SMILES string of the molecule is CCN(CC)S(=O)(=O)c1cc(NCC(=O)Nc2ccccc2C(=O)Nc2ccccc2)ccc1C. The van der Waals surface area contributed by atoms with Crippen LogP contribution in [0.4, 0.5) is 17.1 Å². The lowest BCUT2D eigenvalue weighted by Crippen LogP contribution is -2.31. The fourth-order valence-electron chi connectivity index (χ4n) is 3.58. The molecule has 8 nitrogen and oxygen atoms in total. The van der Waals surface area contributed by atoms with E-state index < -0.39 is 10.0 Å². The van der Waals surface area contributed by atoms with Crippen molar-refractivity contribution in [2.75, 3.05) is 35.6 Å². The summed E-state index contributed by atoms with van der Waals surface area (Å²) < 4.78 is 27.3. The van der Waals surface area contributed by atoms with Gasteiger partial charge in [0, 0.05) is 24.5 Å². The maximum absolute atomic E-state index is 13.0. The van der Waals surface area contributed by atoms with Crippen molar-refractivity contribution in [2.45, 2.75) is 25.7 Å². The zero-order valence-corrected chi connectivity index (χ0v) is 20.9. The average Bonchev–Trinajstić information content (AvgIpc) is 2.85. The lowest BCUT2D eigenvalue weighted by molar-refractivity contribution is -0.114. The van der Waals surface area contributed by atoms with Crippen molar-refractivity contribution in [3.05, 3.63) is 83.9 Å². The molecule has 2 amide bonds. The van der Waals surface area contributed by atoms with Crippen molar-refractivity contribution in [3.8, 4) is 0 Å². The number of anilines is 3. The first kappa shape index (κ1) is 25.9. The summed E-state index contributed by atoms with van der Waals surface area (Å²) in [5, 5.41) is 8.53. The van der Waals surface area contributed by atoms with Crippen molar-refractivity contribution < 1.29 is 18.0 Å². The van der Waals surface area contributed by atoms with Crippen LogP contribution in [0.5, 0.6) is 0 Å². The summed E-state index contributed by atoms with van der Waals surface area (Å²) in [6, 6.07) is 20.8. The van der Waals surface area contributed by atoms with Crippen LogP contribution in [0.2, 0.25) is 0 Å². The van der Waals surface area contributed by atoms with Crippen LogP contribution in [0.3, 0.4) is 0 Å². The van der Waals surface area contributed by atoms with Gasteiger partial charge in [-0.2, -0.15) is 4.31 Å². The molecule has 0 radical (unpaired) electrons. The van der Waals surface area contributed by atoms with Gasteiger partial charge in [-0.25, -0.2) is 8.42 Å². The average molecular weight is 495 g/mol. The van der Waals surface area contributed by atoms with Crippen LogP contribution in [0.25, 0.3) is 0 Å². The van der Waals surface area contributed by atoms with Gasteiger partial charge in [0.2, 0.25) is 15.9 Å². The molecule has 35 heavy (non-hydrogen) atoms. The number of nitrogens with zero attached hydrogens (tertiary/aromatic N) is 1. The van der Waals surface area contributed by atoms with E-state index in [2.05, 4.69) is 16.0 Å². The van der Waals surface area contributed by atoms with Gasteiger partial charge in [-0.1, -0.05) is 50.2 Å². The molecule has 3 N–H and O–H groups in total. The smallest absolute Gasteiger partial charge is 0.257 e. The second kappa shape index (κ2) is 11.6. The summed E-state index contributed by atoms with van der Waals surface area (Å²) in [5.41, 5.74) is 2.49. The molecule has 0 aliphatic heterocycles. The van der Waals surface area contributed by atoms with E-state index in [0.29, 0.717) is 41.3 Å². The summed E-state index contributed by atoms with van der Waals surface area (Å²) in [5.74, 6) is -0.719. The van der Waals surface area contributed by atoms with Gasteiger partial charge in [0.15, 0.2) is 0 Å². The number of hydrogen-bond acceptors (Lipinski definition) is 5. The Balaban J connectivity index is 1.69. The number of carbonyl (C=O) groups excluding carboxylic acids is 2. The van der Waals surface area contributed by atoms with E-state index in [1.165, 1.54) is 10.4 Å².